The van der Waals surface area contributed by atoms with Crippen LogP contribution in [0.1, 0.15) is 28.3 Å². The second-order valence-electron chi connectivity index (χ2n) is 4.62. The first-order valence-electron chi connectivity index (χ1n) is 6.27. The van der Waals surface area contributed by atoms with E-state index in [9.17, 15) is 0 Å². The molecule has 0 saturated carbocycles. The van der Waals surface area contributed by atoms with Crippen LogP contribution in [0.25, 0.3) is 0 Å². The Bertz CT molecular complexity index is 387. The number of aryl methyl sites for hydroxylation is 2. The summed E-state index contributed by atoms with van der Waals surface area (Å²) in [6, 6.07) is 2.45. The van der Waals surface area contributed by atoms with E-state index in [1.54, 1.807) is 0 Å². The Balaban J connectivity index is 2.38. The van der Waals surface area contributed by atoms with Gasteiger partial charge in [-0.15, -0.1) is 11.3 Å². The molecule has 4 heteroatoms. The molecule has 1 aromatic heterocycles. The largest absolute Gasteiger partial charge is 0.376 e. The molecule has 0 aromatic carbocycles. The molecule has 0 fully saturated rings. The number of nitrogens with two attached hydrogens (primary N) is 1. The highest BCUT2D eigenvalue weighted by Crippen LogP contribution is 2.25. The zero-order chi connectivity index (χ0) is 13.5. The molecule has 1 aromatic rings. The van der Waals surface area contributed by atoms with Crippen LogP contribution in [0.2, 0.25) is 0 Å². The Hall–Kier alpha value is -0.680. The summed E-state index contributed by atoms with van der Waals surface area (Å²) in [6.07, 6.45) is 0. The van der Waals surface area contributed by atoms with E-state index >= 15 is 0 Å². The first-order chi connectivity index (χ1) is 8.54. The second kappa shape index (κ2) is 7.69. The lowest BCUT2D eigenvalue weighted by Crippen LogP contribution is -2.31. The van der Waals surface area contributed by atoms with E-state index < -0.39 is 0 Å². The molecule has 1 heterocycles. The highest BCUT2D eigenvalue weighted by molar-refractivity contribution is 7.12. The van der Waals surface area contributed by atoms with E-state index in [0.717, 1.165) is 12.1 Å². The van der Waals surface area contributed by atoms with Gasteiger partial charge < -0.3 is 15.8 Å². The number of hydrogen-bond acceptors (Lipinski definition) is 4. The highest BCUT2D eigenvalue weighted by atomic mass is 32.1. The van der Waals surface area contributed by atoms with Crippen molar-refractivity contribution in [3.63, 3.8) is 0 Å². The third-order valence-electron chi connectivity index (χ3n) is 2.68. The van der Waals surface area contributed by atoms with Crippen molar-refractivity contribution < 1.29 is 4.74 Å². The molecule has 1 atom stereocenters. The number of hydrogen-bond donors (Lipinski definition) is 2. The lowest BCUT2D eigenvalue weighted by atomic mass is 10.1. The lowest BCUT2D eigenvalue weighted by molar-refractivity contribution is 0.155. The molecular formula is C14H24N2OS. The van der Waals surface area contributed by atoms with Gasteiger partial charge in [0.2, 0.25) is 0 Å². The van der Waals surface area contributed by atoms with Gasteiger partial charge in [-0.05, 0) is 32.4 Å². The minimum Gasteiger partial charge on any atom is -0.376 e. The molecule has 0 aliphatic carbocycles. The molecule has 102 valence electrons. The number of thiophene rings is 1. The predicted molar refractivity (Wildman–Crippen MR) is 79.2 cm³/mol. The third-order valence-corrected chi connectivity index (χ3v) is 3.66. The van der Waals surface area contributed by atoms with Crippen LogP contribution in [-0.4, -0.2) is 26.3 Å². The molecule has 0 bridgehead atoms. The first kappa shape index (κ1) is 15.4. The highest BCUT2D eigenvalue weighted by Gasteiger charge is 2.13. The van der Waals surface area contributed by atoms with Gasteiger partial charge in [-0.1, -0.05) is 12.2 Å². The van der Waals surface area contributed by atoms with E-state index in [0.29, 0.717) is 19.8 Å². The molecule has 0 amide bonds. The molecule has 1 rings (SSSR count). The summed E-state index contributed by atoms with van der Waals surface area (Å²) in [5, 5.41) is 3.44. The number of ether oxygens (including phenoxy) is 1. The molecule has 18 heavy (non-hydrogen) atoms. The summed E-state index contributed by atoms with van der Waals surface area (Å²) in [6.45, 7) is 12.8. The molecule has 1 unspecified atom stereocenters. The molecular weight excluding hydrogens is 244 g/mol. The van der Waals surface area contributed by atoms with Crippen LogP contribution in [0, 0.1) is 13.8 Å². The van der Waals surface area contributed by atoms with Gasteiger partial charge >= 0.3 is 0 Å². The second-order valence-corrected chi connectivity index (χ2v) is 6.08. The Morgan fingerprint density at radius 2 is 2.28 bits per heavy atom. The van der Waals surface area contributed by atoms with Gasteiger partial charge in [0.15, 0.2) is 0 Å². The van der Waals surface area contributed by atoms with E-state index in [-0.39, 0.29) is 6.04 Å². The lowest BCUT2D eigenvalue weighted by Gasteiger charge is -2.17. The van der Waals surface area contributed by atoms with E-state index in [4.69, 9.17) is 10.5 Å². The number of rotatable bonds is 8. The minimum atomic E-state index is 0.225. The maximum Gasteiger partial charge on any atom is 0.0672 e. The van der Waals surface area contributed by atoms with Crippen molar-refractivity contribution in [2.75, 3.05) is 26.3 Å². The maximum absolute atomic E-state index is 5.83. The van der Waals surface area contributed by atoms with Gasteiger partial charge in [0.25, 0.3) is 0 Å². The van der Waals surface area contributed by atoms with Crippen molar-refractivity contribution in [1.82, 2.24) is 5.32 Å². The molecule has 0 radical (unpaired) electrons. The fraction of sp³-hybridized carbons (Fsp3) is 0.571. The van der Waals surface area contributed by atoms with Crippen molar-refractivity contribution in [2.24, 2.45) is 5.73 Å². The quantitative estimate of drug-likeness (QED) is 0.562. The minimum absolute atomic E-state index is 0.225. The van der Waals surface area contributed by atoms with Crippen LogP contribution < -0.4 is 11.1 Å². The zero-order valence-electron chi connectivity index (χ0n) is 11.6. The average molecular weight is 268 g/mol. The Kier molecular flexibility index (Phi) is 6.57. The summed E-state index contributed by atoms with van der Waals surface area (Å²) in [7, 11) is 0. The van der Waals surface area contributed by atoms with Crippen molar-refractivity contribution in [3.8, 4) is 0 Å². The van der Waals surface area contributed by atoms with Crippen LogP contribution in [0.4, 0.5) is 0 Å². The molecule has 3 N–H and O–H groups in total. The van der Waals surface area contributed by atoms with Crippen molar-refractivity contribution in [1.29, 1.82) is 0 Å². The molecule has 0 aliphatic heterocycles. The third kappa shape index (κ3) is 4.90. The van der Waals surface area contributed by atoms with Gasteiger partial charge in [0.05, 0.1) is 13.2 Å². The fourth-order valence-electron chi connectivity index (χ4n) is 1.87. The molecule has 0 aliphatic rings. The smallest absolute Gasteiger partial charge is 0.0672 e. The SMILES string of the molecule is C=C(C)COCCNC(CN)c1cc(C)sc1C. The molecule has 0 spiro atoms. The van der Waals surface area contributed by atoms with Gasteiger partial charge in [0, 0.05) is 28.9 Å². The normalized spacial score (nSPS) is 12.7. The maximum atomic E-state index is 5.83. The van der Waals surface area contributed by atoms with Crippen molar-refractivity contribution in [2.45, 2.75) is 26.8 Å². The topological polar surface area (TPSA) is 47.3 Å². The fourth-order valence-corrected chi connectivity index (χ4v) is 2.86. The summed E-state index contributed by atoms with van der Waals surface area (Å²) < 4.78 is 5.46. The van der Waals surface area contributed by atoms with Crippen LogP contribution >= 0.6 is 11.3 Å². The monoisotopic (exact) mass is 268 g/mol. The Morgan fingerprint density at radius 1 is 1.56 bits per heavy atom. The van der Waals surface area contributed by atoms with Crippen LogP contribution in [0.3, 0.4) is 0 Å². The standard InChI is InChI=1S/C14H24N2OS/c1-10(2)9-17-6-5-16-14(8-15)13-7-11(3)18-12(13)4/h7,14,16H,1,5-6,8-9,15H2,2-4H3. The van der Waals surface area contributed by atoms with Crippen molar-refractivity contribution >= 4 is 11.3 Å². The number of nitrogens with one attached hydrogen (secondary N) is 1. The molecule has 3 nitrogen and oxygen atoms in total. The summed E-state index contributed by atoms with van der Waals surface area (Å²) in [4.78, 5) is 2.68. The van der Waals surface area contributed by atoms with Gasteiger partial charge in [-0.25, -0.2) is 0 Å². The van der Waals surface area contributed by atoms with E-state index in [1.165, 1.54) is 15.3 Å². The van der Waals surface area contributed by atoms with E-state index in [1.807, 2.05) is 18.3 Å². The van der Waals surface area contributed by atoms with Gasteiger partial charge in [0.1, 0.15) is 0 Å². The van der Waals surface area contributed by atoms with Gasteiger partial charge in [-0.3, -0.25) is 0 Å². The Labute approximate surface area is 114 Å². The Morgan fingerprint density at radius 3 is 2.78 bits per heavy atom. The average Bonchev–Trinajstić information content (AvgIpc) is 2.62. The summed E-state index contributed by atoms with van der Waals surface area (Å²) in [5.41, 5.74) is 8.20. The summed E-state index contributed by atoms with van der Waals surface area (Å²) in [5.74, 6) is 0. The first-order valence-corrected chi connectivity index (χ1v) is 7.08. The van der Waals surface area contributed by atoms with Crippen molar-refractivity contribution in [3.05, 3.63) is 33.5 Å². The van der Waals surface area contributed by atoms with Gasteiger partial charge in [-0.2, -0.15) is 0 Å². The van der Waals surface area contributed by atoms with Crippen LogP contribution in [0.15, 0.2) is 18.2 Å². The van der Waals surface area contributed by atoms with E-state index in [2.05, 4.69) is 31.8 Å². The zero-order valence-corrected chi connectivity index (χ0v) is 12.4. The van der Waals surface area contributed by atoms with Crippen LogP contribution in [0.5, 0.6) is 0 Å². The van der Waals surface area contributed by atoms with Crippen LogP contribution in [-0.2, 0) is 4.74 Å². The molecule has 0 saturated heterocycles. The predicted octanol–water partition coefficient (Wildman–Crippen LogP) is 2.55. The summed E-state index contributed by atoms with van der Waals surface area (Å²) >= 11 is 1.82.